The molecule has 0 saturated carbocycles. The minimum atomic E-state index is -0.310. The van der Waals surface area contributed by atoms with E-state index >= 15 is 0 Å². The van der Waals surface area contributed by atoms with Gasteiger partial charge in [-0.05, 0) is 17.7 Å². The highest BCUT2D eigenvalue weighted by Crippen LogP contribution is 2.13. The van der Waals surface area contributed by atoms with Gasteiger partial charge >= 0.3 is 0 Å². The van der Waals surface area contributed by atoms with Gasteiger partial charge in [-0.1, -0.05) is 12.1 Å². The van der Waals surface area contributed by atoms with Crippen molar-refractivity contribution < 1.29 is 4.39 Å². The lowest BCUT2D eigenvalue weighted by atomic mass is 10.1. The normalized spacial score (nSPS) is 12.1. The Labute approximate surface area is 70.4 Å². The van der Waals surface area contributed by atoms with Gasteiger partial charge < -0.3 is 5.73 Å². The summed E-state index contributed by atoms with van der Waals surface area (Å²) in [7, 11) is 0. The third-order valence-electron chi connectivity index (χ3n) is 1.61. The van der Waals surface area contributed by atoms with Crippen LogP contribution in [0.15, 0.2) is 24.3 Å². The highest BCUT2D eigenvalue weighted by Gasteiger charge is 2.03. The molecule has 0 bridgehead atoms. The quantitative estimate of drug-likeness (QED) is 0.723. The molecule has 2 N–H and O–H groups in total. The number of hydrogen-bond donors (Lipinski definition) is 1. The number of benzene rings is 1. The predicted octanol–water partition coefficient (Wildman–Crippen LogP) is 1.74. The van der Waals surface area contributed by atoms with Crippen molar-refractivity contribution in [3.05, 3.63) is 35.6 Å². The minimum absolute atomic E-state index is 0.256. The molecule has 1 aromatic rings. The second-order valence-corrected chi connectivity index (χ2v) is 2.52. The summed E-state index contributed by atoms with van der Waals surface area (Å²) in [6.45, 7) is 0. The predicted molar refractivity (Wildman–Crippen MR) is 43.6 cm³/mol. The Bertz CT molecular complexity index is 286. The Balaban J connectivity index is 2.76. The zero-order valence-electron chi connectivity index (χ0n) is 6.50. The molecule has 2 nitrogen and oxygen atoms in total. The van der Waals surface area contributed by atoms with Crippen LogP contribution in [0.5, 0.6) is 0 Å². The van der Waals surface area contributed by atoms with Gasteiger partial charge in [-0.3, -0.25) is 0 Å². The molecule has 62 valence electrons. The van der Waals surface area contributed by atoms with Crippen molar-refractivity contribution in [1.29, 1.82) is 5.26 Å². The van der Waals surface area contributed by atoms with Gasteiger partial charge in [-0.15, -0.1) is 0 Å². The first-order valence-electron chi connectivity index (χ1n) is 3.62. The van der Waals surface area contributed by atoms with E-state index in [1.54, 1.807) is 12.1 Å². The summed E-state index contributed by atoms with van der Waals surface area (Å²) in [6, 6.07) is 7.52. The molecule has 0 radical (unpaired) electrons. The molecule has 0 spiro atoms. The largest absolute Gasteiger partial charge is 0.323 e. The van der Waals surface area contributed by atoms with Crippen molar-refractivity contribution in [2.75, 3.05) is 0 Å². The highest BCUT2D eigenvalue weighted by atomic mass is 19.1. The van der Waals surface area contributed by atoms with E-state index in [0.717, 1.165) is 5.56 Å². The molecule has 1 atom stereocenters. The fourth-order valence-electron chi connectivity index (χ4n) is 0.926. The van der Waals surface area contributed by atoms with Crippen LogP contribution in [0.25, 0.3) is 0 Å². The van der Waals surface area contributed by atoms with Gasteiger partial charge in [0.25, 0.3) is 0 Å². The van der Waals surface area contributed by atoms with Crippen molar-refractivity contribution in [3.63, 3.8) is 0 Å². The van der Waals surface area contributed by atoms with Gasteiger partial charge in [0.15, 0.2) is 0 Å². The van der Waals surface area contributed by atoms with Crippen LogP contribution < -0.4 is 5.73 Å². The molecule has 0 unspecified atom stereocenters. The molecule has 0 amide bonds. The Hall–Kier alpha value is -1.40. The molecule has 3 heteroatoms. The Morgan fingerprint density at radius 2 is 2.00 bits per heavy atom. The maximum atomic E-state index is 12.4. The molecule has 0 fully saturated rings. The highest BCUT2D eigenvalue weighted by molar-refractivity contribution is 5.20. The van der Waals surface area contributed by atoms with E-state index in [9.17, 15) is 4.39 Å². The average Bonchev–Trinajstić information content (AvgIpc) is 2.06. The lowest BCUT2D eigenvalue weighted by molar-refractivity contribution is 0.625. The lowest BCUT2D eigenvalue weighted by Crippen LogP contribution is -2.08. The zero-order valence-corrected chi connectivity index (χ0v) is 6.50. The third kappa shape index (κ3) is 2.04. The number of hydrogen-bond acceptors (Lipinski definition) is 2. The van der Waals surface area contributed by atoms with Crippen LogP contribution in [0, 0.1) is 17.1 Å². The Kier molecular flexibility index (Phi) is 2.78. The average molecular weight is 164 g/mol. The van der Waals surface area contributed by atoms with Crippen LogP contribution in [0.3, 0.4) is 0 Å². The van der Waals surface area contributed by atoms with E-state index in [0.29, 0.717) is 0 Å². The number of rotatable bonds is 2. The van der Waals surface area contributed by atoms with Crippen LogP contribution >= 0.6 is 0 Å². The van der Waals surface area contributed by atoms with Crippen molar-refractivity contribution in [2.45, 2.75) is 12.5 Å². The van der Waals surface area contributed by atoms with Crippen LogP contribution in [0.4, 0.5) is 4.39 Å². The molecule has 0 saturated heterocycles. The maximum absolute atomic E-state index is 12.4. The summed E-state index contributed by atoms with van der Waals surface area (Å²) < 4.78 is 12.4. The van der Waals surface area contributed by atoms with Crippen LogP contribution in [0.1, 0.15) is 18.0 Å². The van der Waals surface area contributed by atoms with Gasteiger partial charge in [-0.2, -0.15) is 5.26 Å². The van der Waals surface area contributed by atoms with Crippen molar-refractivity contribution in [3.8, 4) is 6.07 Å². The summed E-state index contributed by atoms with van der Waals surface area (Å²) in [4.78, 5) is 0. The van der Waals surface area contributed by atoms with E-state index in [2.05, 4.69) is 0 Å². The first kappa shape index (κ1) is 8.69. The maximum Gasteiger partial charge on any atom is 0.123 e. The van der Waals surface area contributed by atoms with Crippen LogP contribution in [0.2, 0.25) is 0 Å². The van der Waals surface area contributed by atoms with E-state index in [-0.39, 0.29) is 18.3 Å². The lowest BCUT2D eigenvalue weighted by Gasteiger charge is -2.06. The summed E-state index contributed by atoms with van der Waals surface area (Å²) in [5.74, 6) is -0.289. The molecule has 0 aromatic heterocycles. The number of nitrogens with two attached hydrogens (primary N) is 1. The standard InChI is InChI=1S/C9H9FN2/c10-8-3-1-7(2-4-8)9(12)5-6-11/h1-4,9H,5,12H2/t9-/m0/s1. The van der Waals surface area contributed by atoms with Crippen LogP contribution in [-0.2, 0) is 0 Å². The SMILES string of the molecule is N#CC[C@H](N)c1ccc(F)cc1. The summed E-state index contributed by atoms with van der Waals surface area (Å²) >= 11 is 0. The fourth-order valence-corrected chi connectivity index (χ4v) is 0.926. The van der Waals surface area contributed by atoms with Gasteiger partial charge in [-0.25, -0.2) is 4.39 Å². The van der Waals surface area contributed by atoms with E-state index < -0.39 is 0 Å². The molecule has 12 heavy (non-hydrogen) atoms. The summed E-state index contributed by atoms with van der Waals surface area (Å²) in [6.07, 6.45) is 0.256. The third-order valence-corrected chi connectivity index (χ3v) is 1.61. The van der Waals surface area contributed by atoms with E-state index in [4.69, 9.17) is 11.0 Å². The molecular weight excluding hydrogens is 155 g/mol. The second-order valence-electron chi connectivity index (χ2n) is 2.52. The summed E-state index contributed by atoms with van der Waals surface area (Å²) in [5, 5.41) is 8.35. The number of nitriles is 1. The molecule has 1 rings (SSSR count). The van der Waals surface area contributed by atoms with Crippen LogP contribution in [-0.4, -0.2) is 0 Å². The Morgan fingerprint density at radius 3 is 2.50 bits per heavy atom. The van der Waals surface area contributed by atoms with Gasteiger partial charge in [0, 0.05) is 6.04 Å². The minimum Gasteiger partial charge on any atom is -0.323 e. The smallest absolute Gasteiger partial charge is 0.123 e. The first-order valence-corrected chi connectivity index (χ1v) is 3.62. The molecule has 1 aromatic carbocycles. The molecule has 0 aliphatic heterocycles. The molecule has 0 aliphatic rings. The van der Waals surface area contributed by atoms with Crippen molar-refractivity contribution in [1.82, 2.24) is 0 Å². The topological polar surface area (TPSA) is 49.8 Å². The number of halogens is 1. The second kappa shape index (κ2) is 3.84. The van der Waals surface area contributed by atoms with E-state index in [1.165, 1.54) is 12.1 Å². The summed E-state index contributed by atoms with van der Waals surface area (Å²) in [5.41, 5.74) is 6.40. The zero-order chi connectivity index (χ0) is 8.97. The number of nitrogens with zero attached hydrogens (tertiary/aromatic N) is 1. The first-order chi connectivity index (χ1) is 5.74. The van der Waals surface area contributed by atoms with Crippen molar-refractivity contribution in [2.24, 2.45) is 5.73 Å². The molecular formula is C9H9FN2. The Morgan fingerprint density at radius 1 is 1.42 bits per heavy atom. The van der Waals surface area contributed by atoms with Gasteiger partial charge in [0.2, 0.25) is 0 Å². The fraction of sp³-hybridized carbons (Fsp3) is 0.222. The monoisotopic (exact) mass is 164 g/mol. The molecule has 0 aliphatic carbocycles. The van der Waals surface area contributed by atoms with Gasteiger partial charge in [0.1, 0.15) is 5.82 Å². The van der Waals surface area contributed by atoms with E-state index in [1.807, 2.05) is 6.07 Å². The van der Waals surface area contributed by atoms with Crippen molar-refractivity contribution >= 4 is 0 Å². The molecule has 0 heterocycles. The van der Waals surface area contributed by atoms with Gasteiger partial charge in [0.05, 0.1) is 12.5 Å².